The fraction of sp³-hybridized carbons (Fsp3) is 0.200. The van der Waals surface area contributed by atoms with E-state index in [1.54, 1.807) is 17.7 Å². The smallest absolute Gasteiger partial charge is 0.215 e. The van der Waals surface area contributed by atoms with Crippen LogP contribution in [0, 0.1) is 4.77 Å². The first kappa shape index (κ1) is 11.2. The molecule has 0 aromatic carbocycles. The van der Waals surface area contributed by atoms with Crippen molar-refractivity contribution >= 4 is 35.0 Å². The van der Waals surface area contributed by atoms with Gasteiger partial charge in [0.05, 0.1) is 19.2 Å². The minimum absolute atomic E-state index is 0.431. The van der Waals surface area contributed by atoms with E-state index in [0.29, 0.717) is 27.9 Å². The molecule has 0 aliphatic heterocycles. The lowest BCUT2D eigenvalue weighted by atomic mass is 10.4. The summed E-state index contributed by atoms with van der Waals surface area (Å²) < 4.78 is 7.41. The van der Waals surface area contributed by atoms with Crippen molar-refractivity contribution in [2.24, 2.45) is 0 Å². The Morgan fingerprint density at radius 1 is 1.69 bits per heavy atom. The molecular weight excluding hydrogens is 246 g/mol. The molecule has 0 spiro atoms. The third kappa shape index (κ3) is 1.96. The highest BCUT2D eigenvalue weighted by Gasteiger charge is 2.07. The summed E-state index contributed by atoms with van der Waals surface area (Å²) in [5.41, 5.74) is 1.56. The molecular formula is C10H10ClN3OS. The van der Waals surface area contributed by atoms with Gasteiger partial charge in [-0.05, 0) is 18.3 Å². The van der Waals surface area contributed by atoms with E-state index in [4.69, 9.17) is 28.6 Å². The molecule has 0 aliphatic carbocycles. The van der Waals surface area contributed by atoms with Crippen molar-refractivity contribution in [3.8, 4) is 5.88 Å². The van der Waals surface area contributed by atoms with Crippen molar-refractivity contribution in [3.63, 3.8) is 0 Å². The van der Waals surface area contributed by atoms with Crippen LogP contribution in [0.2, 0.25) is 0 Å². The van der Waals surface area contributed by atoms with Gasteiger partial charge >= 0.3 is 0 Å². The van der Waals surface area contributed by atoms with Crippen LogP contribution in [0.3, 0.4) is 0 Å². The molecule has 0 fully saturated rings. The molecule has 2 rings (SSSR count). The molecule has 1 N–H and O–H groups in total. The van der Waals surface area contributed by atoms with Crippen molar-refractivity contribution < 1.29 is 4.74 Å². The Hall–Kier alpha value is -1.33. The van der Waals surface area contributed by atoms with Gasteiger partial charge < -0.3 is 9.72 Å². The van der Waals surface area contributed by atoms with Crippen LogP contribution in [-0.2, 0) is 6.54 Å². The summed E-state index contributed by atoms with van der Waals surface area (Å²) in [5, 5.41) is 0.501. The summed E-state index contributed by atoms with van der Waals surface area (Å²) in [5.74, 6) is 0.537. The second-order valence-corrected chi connectivity index (χ2v) is 4.18. The van der Waals surface area contributed by atoms with Gasteiger partial charge in [0, 0.05) is 11.1 Å². The molecule has 0 bridgehead atoms. The normalized spacial score (nSPS) is 10.6. The number of ether oxygens (including phenoxy) is 1. The van der Waals surface area contributed by atoms with Crippen molar-refractivity contribution in [2.45, 2.75) is 6.54 Å². The number of hydrogen-bond acceptors (Lipinski definition) is 3. The predicted molar refractivity (Wildman–Crippen MR) is 66.5 cm³/mol. The van der Waals surface area contributed by atoms with Crippen LogP contribution in [-0.4, -0.2) is 21.6 Å². The standard InChI is InChI=1S/C10H10ClN3OS/c1-6(11)5-14-9-7(12-10(14)16)3-4-8(13-9)15-2/h3-4H,1,5H2,2H3,(H,12,16). The lowest BCUT2D eigenvalue weighted by molar-refractivity contribution is 0.399. The number of aromatic amines is 1. The highest BCUT2D eigenvalue weighted by Crippen LogP contribution is 2.17. The first-order valence-corrected chi connectivity index (χ1v) is 5.37. The molecule has 0 saturated heterocycles. The minimum atomic E-state index is 0.431. The van der Waals surface area contributed by atoms with Crippen molar-refractivity contribution in [1.29, 1.82) is 0 Å². The van der Waals surface area contributed by atoms with Gasteiger partial charge in [-0.25, -0.2) is 0 Å². The summed E-state index contributed by atoms with van der Waals surface area (Å²) >= 11 is 11.0. The van der Waals surface area contributed by atoms with E-state index < -0.39 is 0 Å². The molecule has 2 aromatic rings. The lowest BCUT2D eigenvalue weighted by Gasteiger charge is -2.02. The highest BCUT2D eigenvalue weighted by molar-refractivity contribution is 7.71. The van der Waals surface area contributed by atoms with Gasteiger partial charge in [-0.3, -0.25) is 4.57 Å². The Kier molecular flexibility index (Phi) is 2.98. The van der Waals surface area contributed by atoms with E-state index in [0.717, 1.165) is 5.52 Å². The van der Waals surface area contributed by atoms with E-state index in [-0.39, 0.29) is 0 Å². The summed E-state index contributed by atoms with van der Waals surface area (Å²) in [4.78, 5) is 7.35. The third-order valence-electron chi connectivity index (χ3n) is 2.13. The zero-order valence-corrected chi connectivity index (χ0v) is 10.2. The van der Waals surface area contributed by atoms with Gasteiger partial charge in [0.25, 0.3) is 0 Å². The number of nitrogens with zero attached hydrogens (tertiary/aromatic N) is 2. The quantitative estimate of drug-likeness (QED) is 0.858. The van der Waals surface area contributed by atoms with Crippen LogP contribution in [0.25, 0.3) is 11.2 Å². The summed E-state index contributed by atoms with van der Waals surface area (Å²) in [6, 6.07) is 3.64. The van der Waals surface area contributed by atoms with Crippen LogP contribution in [0.5, 0.6) is 5.88 Å². The number of imidazole rings is 1. The molecule has 0 atom stereocenters. The Morgan fingerprint density at radius 3 is 3.06 bits per heavy atom. The Balaban J connectivity index is 2.65. The molecule has 84 valence electrons. The summed E-state index contributed by atoms with van der Waals surface area (Å²) in [6.45, 7) is 4.08. The SMILES string of the molecule is C=C(Cl)Cn1c(=S)[nH]c2ccc(OC)nc21. The molecule has 2 aromatic heterocycles. The van der Waals surface area contributed by atoms with E-state index >= 15 is 0 Å². The molecule has 0 saturated carbocycles. The maximum Gasteiger partial charge on any atom is 0.215 e. The van der Waals surface area contributed by atoms with E-state index in [9.17, 15) is 0 Å². The van der Waals surface area contributed by atoms with E-state index in [2.05, 4.69) is 16.5 Å². The molecule has 4 nitrogen and oxygen atoms in total. The van der Waals surface area contributed by atoms with Gasteiger partial charge in [0.2, 0.25) is 5.88 Å². The second-order valence-electron chi connectivity index (χ2n) is 3.26. The molecule has 0 unspecified atom stereocenters. The fourth-order valence-electron chi connectivity index (χ4n) is 1.45. The maximum atomic E-state index is 5.78. The van der Waals surface area contributed by atoms with Crippen molar-refractivity contribution in [2.75, 3.05) is 7.11 Å². The zero-order valence-electron chi connectivity index (χ0n) is 8.66. The van der Waals surface area contributed by atoms with Gasteiger partial charge in [-0.15, -0.1) is 0 Å². The number of hydrogen-bond donors (Lipinski definition) is 1. The van der Waals surface area contributed by atoms with Crippen LogP contribution in [0.15, 0.2) is 23.7 Å². The van der Waals surface area contributed by atoms with Crippen molar-refractivity contribution in [1.82, 2.24) is 14.5 Å². The number of allylic oxidation sites excluding steroid dienone is 1. The topological polar surface area (TPSA) is 42.8 Å². The number of halogens is 1. The van der Waals surface area contributed by atoms with Crippen molar-refractivity contribution in [3.05, 3.63) is 28.5 Å². The minimum Gasteiger partial charge on any atom is -0.481 e. The molecule has 2 heterocycles. The second kappa shape index (κ2) is 4.27. The Bertz CT molecular complexity index is 602. The molecule has 0 amide bonds. The average Bonchev–Trinajstić information content (AvgIpc) is 2.54. The molecule has 0 radical (unpaired) electrons. The fourth-order valence-corrected chi connectivity index (χ4v) is 1.83. The first-order chi connectivity index (χ1) is 7.61. The molecule has 6 heteroatoms. The average molecular weight is 256 g/mol. The Morgan fingerprint density at radius 2 is 2.44 bits per heavy atom. The monoisotopic (exact) mass is 255 g/mol. The van der Waals surface area contributed by atoms with E-state index in [1.165, 1.54) is 0 Å². The number of pyridine rings is 1. The zero-order chi connectivity index (χ0) is 11.7. The van der Waals surface area contributed by atoms with Crippen LogP contribution in [0.1, 0.15) is 0 Å². The predicted octanol–water partition coefficient (Wildman–Crippen LogP) is 2.85. The number of nitrogens with one attached hydrogen (secondary N) is 1. The van der Waals surface area contributed by atoms with Gasteiger partial charge in [-0.1, -0.05) is 18.2 Å². The maximum absolute atomic E-state index is 5.78. The Labute approximate surface area is 103 Å². The first-order valence-electron chi connectivity index (χ1n) is 4.58. The highest BCUT2D eigenvalue weighted by atomic mass is 35.5. The number of aromatic nitrogens is 3. The van der Waals surface area contributed by atoms with Crippen LogP contribution < -0.4 is 4.74 Å². The molecule has 16 heavy (non-hydrogen) atoms. The summed E-state index contributed by atoms with van der Waals surface area (Å²) in [6.07, 6.45) is 0. The van der Waals surface area contributed by atoms with E-state index in [1.807, 2.05) is 6.07 Å². The molecule has 0 aliphatic rings. The van der Waals surface area contributed by atoms with Gasteiger partial charge in [0.15, 0.2) is 10.4 Å². The number of rotatable bonds is 3. The van der Waals surface area contributed by atoms with Gasteiger partial charge in [0.1, 0.15) is 0 Å². The largest absolute Gasteiger partial charge is 0.481 e. The summed E-state index contributed by atoms with van der Waals surface area (Å²) in [7, 11) is 1.57. The lowest BCUT2D eigenvalue weighted by Crippen LogP contribution is -1.99. The number of methoxy groups -OCH3 is 1. The van der Waals surface area contributed by atoms with Gasteiger partial charge in [-0.2, -0.15) is 4.98 Å². The third-order valence-corrected chi connectivity index (χ3v) is 2.57. The van der Waals surface area contributed by atoms with Crippen LogP contribution in [0.4, 0.5) is 0 Å². The number of H-pyrrole nitrogens is 1. The number of fused-ring (bicyclic) bond motifs is 1. The van der Waals surface area contributed by atoms with Crippen LogP contribution >= 0.6 is 23.8 Å².